The standard InChI is InChI=1S/C24H23N3O3S2/c1-30-16-11-9-15(10-12-16)27-23(29)21-17-6-3-2-4-8-20(17)32-22(21)26-24(27)31-14-19(28)18-7-5-13-25-18/h5,7,9-13,25H,2-4,6,8,14H2,1H3. The lowest BCUT2D eigenvalue weighted by atomic mass is 10.1. The van der Waals surface area contributed by atoms with Crippen LogP contribution in [0.3, 0.4) is 0 Å². The summed E-state index contributed by atoms with van der Waals surface area (Å²) in [6.45, 7) is 0. The Morgan fingerprint density at radius 2 is 2.00 bits per heavy atom. The Labute approximate surface area is 193 Å². The van der Waals surface area contributed by atoms with Gasteiger partial charge in [0.05, 0.1) is 29.6 Å². The number of thiophene rings is 1. The number of Topliss-reactive ketones (excluding diaryl/α,β-unsaturated/α-hetero) is 1. The van der Waals surface area contributed by atoms with Crippen molar-refractivity contribution in [3.63, 3.8) is 0 Å². The van der Waals surface area contributed by atoms with Gasteiger partial charge in [-0.25, -0.2) is 4.98 Å². The van der Waals surface area contributed by atoms with Crippen LogP contribution in [0.4, 0.5) is 0 Å². The second kappa shape index (κ2) is 8.96. The van der Waals surface area contributed by atoms with E-state index in [9.17, 15) is 9.59 Å². The van der Waals surface area contributed by atoms with Gasteiger partial charge < -0.3 is 9.72 Å². The van der Waals surface area contributed by atoms with Gasteiger partial charge in [-0.15, -0.1) is 11.3 Å². The van der Waals surface area contributed by atoms with Crippen molar-refractivity contribution in [3.05, 3.63) is 69.1 Å². The molecule has 0 spiro atoms. The number of nitrogens with zero attached hydrogens (tertiary/aromatic N) is 2. The minimum Gasteiger partial charge on any atom is -0.497 e. The SMILES string of the molecule is COc1ccc(-n2c(SCC(=O)c3ccc[nH]3)nc3sc4c(c3c2=O)CCCCC4)cc1. The van der Waals surface area contributed by atoms with Crippen molar-refractivity contribution >= 4 is 39.1 Å². The second-order valence-electron chi connectivity index (χ2n) is 7.77. The molecule has 0 aliphatic heterocycles. The summed E-state index contributed by atoms with van der Waals surface area (Å²) in [6.07, 6.45) is 7.10. The number of carbonyl (C=O) groups is 1. The fourth-order valence-corrected chi connectivity index (χ4v) is 6.33. The van der Waals surface area contributed by atoms with Crippen molar-refractivity contribution in [1.82, 2.24) is 14.5 Å². The van der Waals surface area contributed by atoms with Crippen LogP contribution in [-0.2, 0) is 12.8 Å². The lowest BCUT2D eigenvalue weighted by Crippen LogP contribution is -2.22. The molecular weight excluding hydrogens is 442 g/mol. The lowest BCUT2D eigenvalue weighted by molar-refractivity contribution is 0.101. The first-order valence-electron chi connectivity index (χ1n) is 10.7. The number of ketones is 1. The van der Waals surface area contributed by atoms with Crippen LogP contribution < -0.4 is 10.3 Å². The predicted octanol–water partition coefficient (Wildman–Crippen LogP) is 5.03. The number of hydrogen-bond donors (Lipinski definition) is 1. The van der Waals surface area contributed by atoms with Crippen molar-refractivity contribution < 1.29 is 9.53 Å². The molecule has 0 atom stereocenters. The van der Waals surface area contributed by atoms with Crippen molar-refractivity contribution in [3.8, 4) is 11.4 Å². The van der Waals surface area contributed by atoms with Gasteiger partial charge in [-0.3, -0.25) is 14.2 Å². The van der Waals surface area contributed by atoms with Gasteiger partial charge in [-0.05, 0) is 67.6 Å². The molecule has 164 valence electrons. The summed E-state index contributed by atoms with van der Waals surface area (Å²) in [7, 11) is 1.61. The number of H-pyrrole nitrogens is 1. The molecule has 4 aromatic rings. The number of nitrogens with one attached hydrogen (secondary N) is 1. The third kappa shape index (κ3) is 3.89. The van der Waals surface area contributed by atoms with E-state index in [1.807, 2.05) is 24.3 Å². The van der Waals surface area contributed by atoms with E-state index in [-0.39, 0.29) is 17.1 Å². The number of aromatic amines is 1. The maximum atomic E-state index is 13.8. The van der Waals surface area contributed by atoms with Crippen molar-refractivity contribution in [2.24, 2.45) is 0 Å². The Balaban J connectivity index is 1.63. The Bertz CT molecular complexity index is 1320. The molecule has 32 heavy (non-hydrogen) atoms. The highest BCUT2D eigenvalue weighted by Gasteiger charge is 2.23. The number of fused-ring (bicyclic) bond motifs is 3. The van der Waals surface area contributed by atoms with Crippen molar-refractivity contribution in [2.75, 3.05) is 12.9 Å². The van der Waals surface area contributed by atoms with Gasteiger partial charge in [0.2, 0.25) is 0 Å². The third-order valence-corrected chi connectivity index (χ3v) is 7.89. The summed E-state index contributed by atoms with van der Waals surface area (Å²) in [5.74, 6) is 0.883. The first kappa shape index (κ1) is 21.0. The van der Waals surface area contributed by atoms with E-state index < -0.39 is 0 Å². The minimum atomic E-state index is -0.0608. The fraction of sp³-hybridized carbons (Fsp3) is 0.292. The monoisotopic (exact) mass is 465 g/mol. The Morgan fingerprint density at radius 1 is 1.19 bits per heavy atom. The molecule has 0 saturated carbocycles. The van der Waals surface area contributed by atoms with E-state index in [0.717, 1.165) is 41.6 Å². The molecule has 0 amide bonds. The second-order valence-corrected chi connectivity index (χ2v) is 9.80. The van der Waals surface area contributed by atoms with Gasteiger partial charge in [0.15, 0.2) is 10.9 Å². The van der Waals surface area contributed by atoms with Crippen LogP contribution >= 0.6 is 23.1 Å². The van der Waals surface area contributed by atoms with Gasteiger partial charge in [0, 0.05) is 11.1 Å². The van der Waals surface area contributed by atoms with E-state index in [1.54, 1.807) is 41.3 Å². The van der Waals surface area contributed by atoms with E-state index in [0.29, 0.717) is 16.5 Å². The van der Waals surface area contributed by atoms with E-state index in [4.69, 9.17) is 9.72 Å². The van der Waals surface area contributed by atoms with Crippen LogP contribution in [0.15, 0.2) is 52.5 Å². The molecule has 1 aliphatic carbocycles. The number of benzene rings is 1. The molecular formula is C24H23N3O3S2. The lowest BCUT2D eigenvalue weighted by Gasteiger charge is -2.13. The number of carbonyl (C=O) groups excluding carboxylic acids is 1. The average Bonchev–Trinajstić information content (AvgIpc) is 3.41. The van der Waals surface area contributed by atoms with Crippen LogP contribution in [0.2, 0.25) is 0 Å². The molecule has 0 radical (unpaired) electrons. The molecule has 3 heterocycles. The van der Waals surface area contributed by atoms with Gasteiger partial charge in [0.1, 0.15) is 10.6 Å². The molecule has 1 aromatic carbocycles. The first-order valence-corrected chi connectivity index (χ1v) is 12.5. The number of aryl methyl sites for hydroxylation is 2. The van der Waals surface area contributed by atoms with Crippen LogP contribution in [0.5, 0.6) is 5.75 Å². The maximum absolute atomic E-state index is 13.8. The summed E-state index contributed by atoms with van der Waals surface area (Å²) < 4.78 is 6.92. The zero-order valence-electron chi connectivity index (χ0n) is 17.7. The normalized spacial score (nSPS) is 13.7. The molecule has 8 heteroatoms. The molecule has 0 saturated heterocycles. The van der Waals surface area contributed by atoms with E-state index >= 15 is 0 Å². The number of ether oxygens (including phenoxy) is 1. The molecule has 0 unspecified atom stereocenters. The number of methoxy groups -OCH3 is 1. The van der Waals surface area contributed by atoms with Gasteiger partial charge in [0.25, 0.3) is 5.56 Å². The highest BCUT2D eigenvalue weighted by atomic mass is 32.2. The summed E-state index contributed by atoms with van der Waals surface area (Å²) in [4.78, 5) is 36.3. The average molecular weight is 466 g/mol. The Kier molecular flexibility index (Phi) is 5.89. The van der Waals surface area contributed by atoms with Crippen LogP contribution in [-0.4, -0.2) is 33.2 Å². The summed E-state index contributed by atoms with van der Waals surface area (Å²) in [6, 6.07) is 10.9. The van der Waals surface area contributed by atoms with E-state index in [2.05, 4.69) is 4.98 Å². The fourth-order valence-electron chi connectivity index (χ4n) is 4.13. The van der Waals surface area contributed by atoms with E-state index in [1.165, 1.54) is 28.6 Å². The maximum Gasteiger partial charge on any atom is 0.267 e. The third-order valence-electron chi connectivity index (χ3n) is 5.77. The molecule has 1 aliphatic rings. The summed E-state index contributed by atoms with van der Waals surface area (Å²) >= 11 is 2.93. The highest BCUT2D eigenvalue weighted by molar-refractivity contribution is 7.99. The summed E-state index contributed by atoms with van der Waals surface area (Å²) in [5, 5.41) is 1.27. The largest absolute Gasteiger partial charge is 0.497 e. The highest BCUT2D eigenvalue weighted by Crippen LogP contribution is 2.35. The number of aromatic nitrogens is 3. The topological polar surface area (TPSA) is 77.0 Å². The number of hydrogen-bond acceptors (Lipinski definition) is 6. The van der Waals surface area contributed by atoms with Crippen molar-refractivity contribution in [2.45, 2.75) is 37.3 Å². The summed E-state index contributed by atoms with van der Waals surface area (Å²) in [5.41, 5.74) is 2.38. The predicted molar refractivity (Wildman–Crippen MR) is 129 cm³/mol. The molecule has 0 fully saturated rings. The number of rotatable bonds is 6. The minimum absolute atomic E-state index is 0.0300. The molecule has 0 bridgehead atoms. The van der Waals surface area contributed by atoms with Gasteiger partial charge in [-0.1, -0.05) is 18.2 Å². The van der Waals surface area contributed by atoms with Gasteiger partial charge in [-0.2, -0.15) is 0 Å². The Hall–Kier alpha value is -2.84. The zero-order chi connectivity index (χ0) is 22.1. The zero-order valence-corrected chi connectivity index (χ0v) is 19.4. The van der Waals surface area contributed by atoms with Crippen molar-refractivity contribution in [1.29, 1.82) is 0 Å². The molecule has 3 aromatic heterocycles. The molecule has 5 rings (SSSR count). The van der Waals surface area contributed by atoms with Crippen LogP contribution in [0.1, 0.15) is 40.2 Å². The number of thioether (sulfide) groups is 1. The Morgan fingerprint density at radius 3 is 2.75 bits per heavy atom. The smallest absolute Gasteiger partial charge is 0.267 e. The molecule has 1 N–H and O–H groups in total. The first-order chi connectivity index (χ1) is 15.7. The van der Waals surface area contributed by atoms with Crippen LogP contribution in [0.25, 0.3) is 15.9 Å². The van der Waals surface area contributed by atoms with Gasteiger partial charge >= 0.3 is 0 Å². The van der Waals surface area contributed by atoms with Crippen LogP contribution in [0, 0.1) is 0 Å². The quantitative estimate of drug-likeness (QED) is 0.187. The molecule has 6 nitrogen and oxygen atoms in total.